The molecule has 8 heteroatoms. The van der Waals surface area contributed by atoms with Crippen LogP contribution in [0.2, 0.25) is 0 Å². The average Bonchev–Trinajstić information content (AvgIpc) is 3.10. The molecule has 134 valence electrons. The van der Waals surface area contributed by atoms with Crippen LogP contribution >= 0.6 is 24.0 Å². The van der Waals surface area contributed by atoms with Crippen molar-refractivity contribution in [2.45, 2.75) is 53.6 Å². The number of nitrogens with one attached hydrogen (secondary N) is 2. The Kier molecular flexibility index (Phi) is 8.23. The molecule has 0 fully saturated rings. The van der Waals surface area contributed by atoms with Crippen LogP contribution in [0.5, 0.6) is 0 Å². The number of aryl methyl sites for hydroxylation is 4. The summed E-state index contributed by atoms with van der Waals surface area (Å²) in [5.41, 5.74) is 3.01. The van der Waals surface area contributed by atoms with Gasteiger partial charge in [0.15, 0.2) is 5.96 Å². The van der Waals surface area contributed by atoms with E-state index in [0.717, 1.165) is 41.3 Å². The zero-order valence-electron chi connectivity index (χ0n) is 14.9. The molecule has 0 aliphatic carbocycles. The summed E-state index contributed by atoms with van der Waals surface area (Å²) in [5, 5.41) is 10.6. The SMILES string of the molecule is CCc1noc(CC)c1CNC(=NC)NCc1nc(C)c(C)o1.I. The van der Waals surface area contributed by atoms with E-state index in [1.54, 1.807) is 7.05 Å². The number of guanidine groups is 1. The number of nitrogens with zero attached hydrogens (tertiary/aromatic N) is 3. The van der Waals surface area contributed by atoms with E-state index in [4.69, 9.17) is 8.94 Å². The number of aliphatic imine (C=N–C) groups is 1. The Morgan fingerprint density at radius 1 is 1.12 bits per heavy atom. The molecular formula is C16H26IN5O2. The smallest absolute Gasteiger partial charge is 0.214 e. The minimum absolute atomic E-state index is 0. The molecule has 0 aliphatic rings. The molecule has 0 saturated carbocycles. The third-order valence-electron chi connectivity index (χ3n) is 3.74. The van der Waals surface area contributed by atoms with Crippen LogP contribution in [0.15, 0.2) is 13.9 Å². The van der Waals surface area contributed by atoms with E-state index >= 15 is 0 Å². The third-order valence-corrected chi connectivity index (χ3v) is 3.74. The second kappa shape index (κ2) is 9.65. The van der Waals surface area contributed by atoms with E-state index in [-0.39, 0.29) is 24.0 Å². The molecule has 2 aromatic heterocycles. The van der Waals surface area contributed by atoms with Gasteiger partial charge in [-0.25, -0.2) is 4.98 Å². The predicted octanol–water partition coefficient (Wildman–Crippen LogP) is 2.89. The van der Waals surface area contributed by atoms with Gasteiger partial charge in [0.1, 0.15) is 11.5 Å². The summed E-state index contributed by atoms with van der Waals surface area (Å²) in [6, 6.07) is 0. The lowest BCUT2D eigenvalue weighted by Gasteiger charge is -2.11. The van der Waals surface area contributed by atoms with Crippen LogP contribution in [0.3, 0.4) is 0 Å². The summed E-state index contributed by atoms with van der Waals surface area (Å²) < 4.78 is 10.9. The number of halogens is 1. The van der Waals surface area contributed by atoms with Crippen molar-refractivity contribution in [3.05, 3.63) is 34.4 Å². The van der Waals surface area contributed by atoms with Gasteiger partial charge in [-0.1, -0.05) is 19.0 Å². The van der Waals surface area contributed by atoms with Gasteiger partial charge in [0.25, 0.3) is 0 Å². The molecule has 7 nitrogen and oxygen atoms in total. The first-order valence-corrected chi connectivity index (χ1v) is 7.92. The number of hydrogen-bond donors (Lipinski definition) is 2. The fraction of sp³-hybridized carbons (Fsp3) is 0.562. The zero-order valence-corrected chi connectivity index (χ0v) is 17.2. The van der Waals surface area contributed by atoms with Crippen LogP contribution in [0, 0.1) is 13.8 Å². The first kappa shape index (κ1) is 20.5. The van der Waals surface area contributed by atoms with Crippen molar-refractivity contribution in [3.63, 3.8) is 0 Å². The van der Waals surface area contributed by atoms with E-state index in [9.17, 15) is 0 Å². The number of rotatable bonds is 6. The minimum Gasteiger partial charge on any atom is -0.444 e. The monoisotopic (exact) mass is 447 g/mol. The Balaban J connectivity index is 0.00000288. The molecule has 0 atom stereocenters. The third kappa shape index (κ3) is 4.96. The Hall–Kier alpha value is -1.58. The normalized spacial score (nSPS) is 11.3. The minimum atomic E-state index is 0. The number of oxazole rings is 1. The summed E-state index contributed by atoms with van der Waals surface area (Å²) in [6.45, 7) is 9.08. The van der Waals surface area contributed by atoms with Crippen molar-refractivity contribution in [1.29, 1.82) is 0 Å². The second-order valence-electron chi connectivity index (χ2n) is 5.27. The molecule has 0 saturated heterocycles. The van der Waals surface area contributed by atoms with Crippen molar-refractivity contribution in [3.8, 4) is 0 Å². The van der Waals surface area contributed by atoms with Gasteiger partial charge in [-0.2, -0.15) is 0 Å². The second-order valence-corrected chi connectivity index (χ2v) is 5.27. The fourth-order valence-electron chi connectivity index (χ4n) is 2.30. The van der Waals surface area contributed by atoms with Crippen molar-refractivity contribution in [2.75, 3.05) is 7.05 Å². The average molecular weight is 447 g/mol. The van der Waals surface area contributed by atoms with Gasteiger partial charge in [-0.05, 0) is 20.3 Å². The van der Waals surface area contributed by atoms with Gasteiger partial charge in [-0.3, -0.25) is 4.99 Å². The maximum absolute atomic E-state index is 5.55. The summed E-state index contributed by atoms with van der Waals surface area (Å²) in [7, 11) is 1.73. The fourth-order valence-corrected chi connectivity index (χ4v) is 2.30. The Morgan fingerprint density at radius 2 is 1.83 bits per heavy atom. The molecule has 24 heavy (non-hydrogen) atoms. The predicted molar refractivity (Wildman–Crippen MR) is 104 cm³/mol. The van der Waals surface area contributed by atoms with E-state index in [1.165, 1.54) is 0 Å². The lowest BCUT2D eigenvalue weighted by atomic mass is 10.1. The van der Waals surface area contributed by atoms with Crippen molar-refractivity contribution >= 4 is 29.9 Å². The van der Waals surface area contributed by atoms with Crippen molar-refractivity contribution in [1.82, 2.24) is 20.8 Å². The van der Waals surface area contributed by atoms with Crippen LogP contribution in [-0.4, -0.2) is 23.1 Å². The molecule has 2 heterocycles. The summed E-state index contributed by atoms with van der Waals surface area (Å²) >= 11 is 0. The van der Waals surface area contributed by atoms with Gasteiger partial charge in [0, 0.05) is 25.6 Å². The van der Waals surface area contributed by atoms with Crippen molar-refractivity contribution in [2.24, 2.45) is 4.99 Å². The molecule has 0 bridgehead atoms. The molecule has 0 radical (unpaired) electrons. The molecule has 0 aliphatic heterocycles. The molecule has 0 spiro atoms. The van der Waals surface area contributed by atoms with Gasteiger partial charge < -0.3 is 19.6 Å². The number of hydrogen-bond acceptors (Lipinski definition) is 5. The Morgan fingerprint density at radius 3 is 2.38 bits per heavy atom. The largest absolute Gasteiger partial charge is 0.444 e. The topological polar surface area (TPSA) is 88.5 Å². The highest BCUT2D eigenvalue weighted by molar-refractivity contribution is 14.0. The molecule has 0 amide bonds. The lowest BCUT2D eigenvalue weighted by Crippen LogP contribution is -2.36. The summed E-state index contributed by atoms with van der Waals surface area (Å²) in [4.78, 5) is 8.56. The highest BCUT2D eigenvalue weighted by Gasteiger charge is 2.14. The summed E-state index contributed by atoms with van der Waals surface area (Å²) in [5.74, 6) is 3.10. The van der Waals surface area contributed by atoms with Crippen LogP contribution < -0.4 is 10.6 Å². The molecule has 2 rings (SSSR count). The first-order valence-electron chi connectivity index (χ1n) is 7.92. The quantitative estimate of drug-likeness (QED) is 0.402. The van der Waals surface area contributed by atoms with Crippen LogP contribution in [0.4, 0.5) is 0 Å². The Labute approximate surface area is 159 Å². The van der Waals surface area contributed by atoms with Crippen LogP contribution in [0.25, 0.3) is 0 Å². The Bertz CT molecular complexity index is 637. The van der Waals surface area contributed by atoms with E-state index in [1.807, 2.05) is 13.8 Å². The van der Waals surface area contributed by atoms with Gasteiger partial charge in [-0.15, -0.1) is 24.0 Å². The molecule has 0 aromatic carbocycles. The van der Waals surface area contributed by atoms with Gasteiger partial charge in [0.05, 0.1) is 17.9 Å². The maximum atomic E-state index is 5.55. The first-order chi connectivity index (χ1) is 11.1. The molecule has 2 N–H and O–H groups in total. The molecule has 2 aromatic rings. The molecular weight excluding hydrogens is 421 g/mol. The summed E-state index contributed by atoms with van der Waals surface area (Å²) in [6.07, 6.45) is 1.67. The molecule has 0 unspecified atom stereocenters. The van der Waals surface area contributed by atoms with Gasteiger partial charge in [0.2, 0.25) is 5.89 Å². The standard InChI is InChI=1S/C16H25N5O2.HI/c1-6-13-12(14(7-2)23-21-13)8-18-16(17-5)19-9-15-20-10(3)11(4)22-15;/h6-9H2,1-5H3,(H2,17,18,19);1H. The van der Waals surface area contributed by atoms with E-state index < -0.39 is 0 Å². The van der Waals surface area contributed by atoms with E-state index in [0.29, 0.717) is 24.9 Å². The highest BCUT2D eigenvalue weighted by atomic mass is 127. The number of aromatic nitrogens is 2. The van der Waals surface area contributed by atoms with Gasteiger partial charge >= 0.3 is 0 Å². The zero-order chi connectivity index (χ0) is 16.8. The van der Waals surface area contributed by atoms with E-state index in [2.05, 4.69) is 39.6 Å². The van der Waals surface area contributed by atoms with Crippen molar-refractivity contribution < 1.29 is 8.94 Å². The highest BCUT2D eigenvalue weighted by Crippen LogP contribution is 2.15. The van der Waals surface area contributed by atoms with Crippen LogP contribution in [-0.2, 0) is 25.9 Å². The lowest BCUT2D eigenvalue weighted by molar-refractivity contribution is 0.380. The maximum Gasteiger partial charge on any atom is 0.214 e. The van der Waals surface area contributed by atoms with Crippen LogP contribution in [0.1, 0.15) is 48.2 Å².